The largest absolute Gasteiger partial charge is 0.435 e. The summed E-state index contributed by atoms with van der Waals surface area (Å²) in [5, 5.41) is 5.12. The minimum absolute atomic E-state index is 0.0131. The van der Waals surface area contributed by atoms with Gasteiger partial charge in [0.1, 0.15) is 11.4 Å². The van der Waals surface area contributed by atoms with Crippen molar-refractivity contribution in [2.45, 2.75) is 24.6 Å². The summed E-state index contributed by atoms with van der Waals surface area (Å²) in [5.41, 5.74) is 2.31. The van der Waals surface area contributed by atoms with Crippen molar-refractivity contribution in [3.8, 4) is 11.1 Å². The van der Waals surface area contributed by atoms with Crippen molar-refractivity contribution in [3.63, 3.8) is 0 Å². The Bertz CT molecular complexity index is 2270. The number of ketones is 1. The summed E-state index contributed by atoms with van der Waals surface area (Å²) in [7, 11) is 0. The predicted molar refractivity (Wildman–Crippen MR) is 198 cm³/mol. The van der Waals surface area contributed by atoms with E-state index in [4.69, 9.17) is 0 Å². The van der Waals surface area contributed by atoms with Crippen LogP contribution in [0.2, 0.25) is 0 Å². The number of pyridine rings is 1. The second kappa shape index (κ2) is 13.8. The molecule has 264 valence electrons. The van der Waals surface area contributed by atoms with E-state index in [9.17, 15) is 9.18 Å². The predicted octanol–water partition coefficient (Wildman–Crippen LogP) is 10.2. The quantitative estimate of drug-likeness (QED) is 0.0895. The van der Waals surface area contributed by atoms with Crippen LogP contribution >= 0.6 is 0 Å². The number of anilines is 1. The van der Waals surface area contributed by atoms with Crippen LogP contribution < -0.4 is 4.90 Å². The van der Waals surface area contributed by atoms with E-state index in [1.54, 1.807) is 24.4 Å². The zero-order chi connectivity index (χ0) is 36.6. The highest BCUT2D eigenvalue weighted by molar-refractivity contribution is 5.98. The average Bonchev–Trinajstić information content (AvgIpc) is 3.66. The lowest BCUT2D eigenvalue weighted by Gasteiger charge is -2.36. The number of benzene rings is 5. The van der Waals surface area contributed by atoms with Crippen molar-refractivity contribution in [3.05, 3.63) is 186 Å². The molecule has 0 amide bonds. The first-order chi connectivity index (χ1) is 25.7. The number of halogens is 4. The summed E-state index contributed by atoms with van der Waals surface area (Å²) >= 11 is 0. The Balaban J connectivity index is 1.23. The van der Waals surface area contributed by atoms with Gasteiger partial charge >= 0.3 is 6.18 Å². The highest BCUT2D eigenvalue weighted by Crippen LogP contribution is 2.45. The fourth-order valence-corrected chi connectivity index (χ4v) is 7.71. The van der Waals surface area contributed by atoms with Crippen LogP contribution in [0.25, 0.3) is 22.0 Å². The van der Waals surface area contributed by atoms with Crippen molar-refractivity contribution in [2.75, 3.05) is 18.0 Å². The van der Waals surface area contributed by atoms with Crippen molar-refractivity contribution in [1.82, 2.24) is 14.8 Å². The SMILES string of the molecule is O=C(c1ccc(F)cc1)C1CCN(c2ccnc3ccc(-c4cn(C(c5ccccc5)(c5ccccc5)c5ccccc5)nc4C(F)(F)F)cc23)CC1. The van der Waals surface area contributed by atoms with Gasteiger partial charge in [-0.1, -0.05) is 97.1 Å². The second-order valence-corrected chi connectivity index (χ2v) is 13.3. The topological polar surface area (TPSA) is 51.0 Å². The summed E-state index contributed by atoms with van der Waals surface area (Å²) in [4.78, 5) is 19.9. The van der Waals surface area contributed by atoms with E-state index in [1.165, 1.54) is 35.1 Å². The average molecular weight is 711 g/mol. The molecular formula is C44H34F4N4O. The first kappa shape index (κ1) is 34.0. The van der Waals surface area contributed by atoms with Gasteiger partial charge in [-0.25, -0.2) is 4.39 Å². The molecule has 1 saturated heterocycles. The Labute approximate surface area is 304 Å². The molecule has 53 heavy (non-hydrogen) atoms. The van der Waals surface area contributed by atoms with Gasteiger partial charge in [-0.3, -0.25) is 14.5 Å². The van der Waals surface area contributed by atoms with Crippen LogP contribution in [0.4, 0.5) is 23.2 Å². The minimum Gasteiger partial charge on any atom is -0.371 e. The molecule has 9 heteroatoms. The molecule has 0 radical (unpaired) electrons. The van der Waals surface area contributed by atoms with Gasteiger partial charge in [0.05, 0.1) is 5.52 Å². The van der Waals surface area contributed by atoms with E-state index in [0.717, 1.165) is 22.4 Å². The molecule has 1 aliphatic heterocycles. The lowest BCUT2D eigenvalue weighted by atomic mass is 9.77. The Morgan fingerprint density at radius 3 is 1.81 bits per heavy atom. The molecule has 2 aromatic heterocycles. The molecule has 0 aliphatic carbocycles. The van der Waals surface area contributed by atoms with Gasteiger partial charge in [-0.05, 0) is 77.6 Å². The van der Waals surface area contributed by atoms with E-state index in [2.05, 4.69) is 15.0 Å². The lowest BCUT2D eigenvalue weighted by molar-refractivity contribution is -0.141. The third-order valence-electron chi connectivity index (χ3n) is 10.3. The van der Waals surface area contributed by atoms with Crippen LogP contribution in [0.1, 0.15) is 45.6 Å². The molecule has 0 spiro atoms. The first-order valence-electron chi connectivity index (χ1n) is 17.5. The summed E-state index contributed by atoms with van der Waals surface area (Å²) in [5.74, 6) is -0.613. The molecule has 7 aromatic rings. The van der Waals surface area contributed by atoms with Gasteiger partial charge in [0.25, 0.3) is 0 Å². The second-order valence-electron chi connectivity index (χ2n) is 13.3. The van der Waals surface area contributed by atoms with Crippen LogP contribution in [0.5, 0.6) is 0 Å². The van der Waals surface area contributed by atoms with Crippen LogP contribution in [0.3, 0.4) is 0 Å². The van der Waals surface area contributed by atoms with Gasteiger partial charge < -0.3 is 4.90 Å². The molecule has 5 nitrogen and oxygen atoms in total. The Hall–Kier alpha value is -6.09. The molecule has 0 N–H and O–H groups in total. The molecule has 0 bridgehead atoms. The third kappa shape index (κ3) is 6.26. The number of hydrogen-bond acceptors (Lipinski definition) is 4. The molecule has 0 saturated carbocycles. The summed E-state index contributed by atoms with van der Waals surface area (Å²) in [6.45, 7) is 1.14. The normalized spacial score (nSPS) is 14.1. The summed E-state index contributed by atoms with van der Waals surface area (Å²) in [6.07, 6.45) is -0.377. The Morgan fingerprint density at radius 1 is 0.698 bits per heavy atom. The number of aromatic nitrogens is 3. The molecule has 0 unspecified atom stereocenters. The van der Waals surface area contributed by atoms with Crippen molar-refractivity contribution < 1.29 is 22.4 Å². The highest BCUT2D eigenvalue weighted by atomic mass is 19.4. The van der Waals surface area contributed by atoms with E-state index >= 15 is 13.2 Å². The van der Waals surface area contributed by atoms with Crippen LogP contribution in [0, 0.1) is 11.7 Å². The number of carbonyl (C=O) groups excluding carboxylic acids is 1. The number of carbonyl (C=O) groups is 1. The number of Topliss-reactive ketones (excluding diaryl/α,β-unsaturated/α-hetero) is 1. The molecule has 1 aliphatic rings. The van der Waals surface area contributed by atoms with Crippen LogP contribution in [-0.4, -0.2) is 33.6 Å². The van der Waals surface area contributed by atoms with Gasteiger partial charge in [0.15, 0.2) is 11.5 Å². The van der Waals surface area contributed by atoms with Gasteiger partial charge in [-0.15, -0.1) is 0 Å². The number of fused-ring (bicyclic) bond motifs is 1. The summed E-state index contributed by atoms with van der Waals surface area (Å²) in [6, 6.07) is 41.1. The molecule has 0 atom stereocenters. The van der Waals surface area contributed by atoms with E-state index < -0.39 is 23.2 Å². The van der Waals surface area contributed by atoms with Crippen LogP contribution in [0.15, 0.2) is 152 Å². The maximum Gasteiger partial charge on any atom is 0.435 e. The molecule has 3 heterocycles. The van der Waals surface area contributed by atoms with Gasteiger partial charge in [-0.2, -0.15) is 18.3 Å². The first-order valence-corrected chi connectivity index (χ1v) is 17.5. The molecular weight excluding hydrogens is 677 g/mol. The molecule has 5 aromatic carbocycles. The Kier molecular flexibility index (Phi) is 8.86. The molecule has 8 rings (SSSR count). The fourth-order valence-electron chi connectivity index (χ4n) is 7.71. The number of nitrogens with zero attached hydrogens (tertiary/aromatic N) is 4. The van der Waals surface area contributed by atoms with E-state index in [0.29, 0.717) is 48.0 Å². The van der Waals surface area contributed by atoms with Gasteiger partial charge in [0, 0.05) is 53.6 Å². The monoisotopic (exact) mass is 710 g/mol. The van der Waals surface area contributed by atoms with E-state index in [-0.39, 0.29) is 17.3 Å². The van der Waals surface area contributed by atoms with Gasteiger partial charge in [0.2, 0.25) is 0 Å². The third-order valence-corrected chi connectivity index (χ3v) is 10.3. The smallest absolute Gasteiger partial charge is 0.371 e. The minimum atomic E-state index is -4.76. The lowest BCUT2D eigenvalue weighted by Crippen LogP contribution is -2.38. The summed E-state index contributed by atoms with van der Waals surface area (Å²) < 4.78 is 60.3. The maximum atomic E-state index is 15.1. The van der Waals surface area contributed by atoms with Crippen molar-refractivity contribution in [2.24, 2.45) is 5.92 Å². The number of alkyl halides is 3. The fraction of sp³-hybridized carbons (Fsp3) is 0.159. The zero-order valence-electron chi connectivity index (χ0n) is 28.5. The number of rotatable bonds is 8. The number of hydrogen-bond donors (Lipinski definition) is 0. The van der Waals surface area contributed by atoms with E-state index in [1.807, 2.05) is 97.1 Å². The van der Waals surface area contributed by atoms with Crippen molar-refractivity contribution >= 4 is 22.4 Å². The number of piperidine rings is 1. The zero-order valence-corrected chi connectivity index (χ0v) is 28.5. The van der Waals surface area contributed by atoms with Crippen LogP contribution in [-0.2, 0) is 11.7 Å². The van der Waals surface area contributed by atoms with Crippen molar-refractivity contribution in [1.29, 1.82) is 0 Å². The standard InChI is InChI=1S/C44H34F4N4O/c45-36-19-16-30(17-20-36)41(53)31-23-26-51(27-24-31)40-22-25-49-39-21-18-32(28-37(39)40)38-29-52(50-42(38)44(46,47)48)43(33-10-4-1-5-11-33,34-12-6-2-7-13-34)35-14-8-3-9-15-35/h1-22,25,28-29,31H,23-24,26-27H2. The molecule has 1 fully saturated rings. The maximum absolute atomic E-state index is 15.1. The Morgan fingerprint density at radius 2 is 1.26 bits per heavy atom. The highest BCUT2D eigenvalue weighted by Gasteiger charge is 2.44.